The smallest absolute Gasteiger partial charge is 0.260 e. The van der Waals surface area contributed by atoms with Crippen LogP contribution in [0.15, 0.2) is 24.3 Å². The molecule has 4 nitrogen and oxygen atoms in total. The third-order valence-electron chi connectivity index (χ3n) is 2.69. The lowest BCUT2D eigenvalue weighted by Gasteiger charge is -2.18. The van der Waals surface area contributed by atoms with Crippen LogP contribution in [0.2, 0.25) is 0 Å². The average Bonchev–Trinajstić information content (AvgIpc) is 2.38. The van der Waals surface area contributed by atoms with Gasteiger partial charge in [-0.1, -0.05) is 25.1 Å². The number of rotatable bonds is 6. The summed E-state index contributed by atoms with van der Waals surface area (Å²) in [6.45, 7) is 6.03. The van der Waals surface area contributed by atoms with Crippen LogP contribution in [0.25, 0.3) is 0 Å². The van der Waals surface area contributed by atoms with Gasteiger partial charge in [-0.3, -0.25) is 4.79 Å². The highest BCUT2D eigenvalue weighted by molar-refractivity contribution is 5.80. The Kier molecular flexibility index (Phi) is 5.65. The minimum atomic E-state index is -0.574. The van der Waals surface area contributed by atoms with Crippen molar-refractivity contribution in [2.45, 2.75) is 39.4 Å². The molecule has 0 aliphatic rings. The lowest BCUT2D eigenvalue weighted by Crippen LogP contribution is -2.36. The highest BCUT2D eigenvalue weighted by Crippen LogP contribution is 2.27. The van der Waals surface area contributed by atoms with E-state index in [4.69, 9.17) is 4.74 Å². The molecule has 0 aliphatic heterocycles. The fourth-order valence-corrected chi connectivity index (χ4v) is 1.64. The second-order valence-electron chi connectivity index (χ2n) is 4.12. The van der Waals surface area contributed by atoms with E-state index in [1.54, 1.807) is 13.0 Å². The number of para-hydroxylation sites is 1. The molecule has 0 fully saturated rings. The number of nitrogens with one attached hydrogen (secondary N) is 1. The first-order valence-electron chi connectivity index (χ1n) is 6.31. The summed E-state index contributed by atoms with van der Waals surface area (Å²) in [5.41, 5.74) is 0.719. The summed E-state index contributed by atoms with van der Waals surface area (Å²) < 4.78 is 5.61. The van der Waals surface area contributed by atoms with E-state index < -0.39 is 12.2 Å². The molecular formula is C14H21NO3. The lowest BCUT2D eigenvalue weighted by atomic mass is 10.1. The molecule has 2 N–H and O–H groups in total. The molecule has 2 atom stereocenters. The number of ether oxygens (including phenoxy) is 1. The van der Waals surface area contributed by atoms with Crippen LogP contribution < -0.4 is 10.1 Å². The maximum absolute atomic E-state index is 11.6. The minimum Gasteiger partial charge on any atom is -0.481 e. The van der Waals surface area contributed by atoms with Crippen molar-refractivity contribution in [1.29, 1.82) is 0 Å². The van der Waals surface area contributed by atoms with Crippen LogP contribution in [0, 0.1) is 0 Å². The summed E-state index contributed by atoms with van der Waals surface area (Å²) >= 11 is 0. The average molecular weight is 251 g/mol. The van der Waals surface area contributed by atoms with E-state index in [-0.39, 0.29) is 5.91 Å². The first kappa shape index (κ1) is 14.5. The maximum atomic E-state index is 11.6. The van der Waals surface area contributed by atoms with E-state index in [0.29, 0.717) is 18.7 Å². The van der Waals surface area contributed by atoms with Gasteiger partial charge >= 0.3 is 0 Å². The summed E-state index contributed by atoms with van der Waals surface area (Å²) in [6, 6.07) is 7.25. The van der Waals surface area contributed by atoms with Crippen molar-refractivity contribution in [3.05, 3.63) is 29.8 Å². The normalized spacial score (nSPS) is 13.8. The van der Waals surface area contributed by atoms with E-state index in [1.165, 1.54) is 0 Å². The van der Waals surface area contributed by atoms with Crippen LogP contribution in [0.5, 0.6) is 5.75 Å². The number of hydrogen-bond acceptors (Lipinski definition) is 3. The molecule has 1 aromatic rings. The van der Waals surface area contributed by atoms with Crippen molar-refractivity contribution in [2.24, 2.45) is 0 Å². The molecule has 0 heterocycles. The molecule has 0 saturated carbocycles. The van der Waals surface area contributed by atoms with E-state index in [0.717, 1.165) is 5.56 Å². The molecule has 1 aromatic carbocycles. The molecule has 0 aliphatic carbocycles. The third kappa shape index (κ3) is 3.74. The second-order valence-corrected chi connectivity index (χ2v) is 4.12. The Morgan fingerprint density at radius 2 is 2.06 bits per heavy atom. The standard InChI is InChI=1S/C14H21NO3/c1-4-12(16)11-8-6-7-9-13(11)18-10(3)14(17)15-5-2/h6-10,12,16H,4-5H2,1-3H3,(H,15,17)/t10?,12-/m0/s1. The molecule has 0 aromatic heterocycles. The Morgan fingerprint density at radius 1 is 1.39 bits per heavy atom. The Hall–Kier alpha value is -1.55. The molecule has 1 amide bonds. The number of hydrogen-bond donors (Lipinski definition) is 2. The molecule has 0 radical (unpaired) electrons. The summed E-state index contributed by atoms with van der Waals surface area (Å²) in [5.74, 6) is 0.406. The van der Waals surface area contributed by atoms with Crippen molar-refractivity contribution >= 4 is 5.91 Å². The first-order valence-corrected chi connectivity index (χ1v) is 6.31. The number of carbonyl (C=O) groups is 1. The van der Waals surface area contributed by atoms with Gasteiger partial charge in [-0.05, 0) is 26.3 Å². The fraction of sp³-hybridized carbons (Fsp3) is 0.500. The zero-order valence-electron chi connectivity index (χ0n) is 11.1. The molecule has 100 valence electrons. The number of amides is 1. The van der Waals surface area contributed by atoms with Crippen LogP contribution in [0.4, 0.5) is 0 Å². The van der Waals surface area contributed by atoms with E-state index in [1.807, 2.05) is 32.0 Å². The van der Waals surface area contributed by atoms with Gasteiger partial charge in [0.25, 0.3) is 5.91 Å². The third-order valence-corrected chi connectivity index (χ3v) is 2.69. The van der Waals surface area contributed by atoms with Crippen LogP contribution in [-0.4, -0.2) is 23.7 Å². The van der Waals surface area contributed by atoms with Gasteiger partial charge in [0, 0.05) is 12.1 Å². The van der Waals surface area contributed by atoms with Crippen molar-refractivity contribution in [3.63, 3.8) is 0 Å². The van der Waals surface area contributed by atoms with Gasteiger partial charge in [0.2, 0.25) is 0 Å². The number of aliphatic hydroxyl groups excluding tert-OH is 1. The van der Waals surface area contributed by atoms with Gasteiger partial charge in [0.15, 0.2) is 6.10 Å². The van der Waals surface area contributed by atoms with Crippen LogP contribution >= 0.6 is 0 Å². The van der Waals surface area contributed by atoms with Crippen LogP contribution in [0.3, 0.4) is 0 Å². The molecule has 0 saturated heterocycles. The van der Waals surface area contributed by atoms with Crippen molar-refractivity contribution < 1.29 is 14.6 Å². The molecule has 1 unspecified atom stereocenters. The predicted molar refractivity (Wildman–Crippen MR) is 70.5 cm³/mol. The lowest BCUT2D eigenvalue weighted by molar-refractivity contribution is -0.127. The molecule has 4 heteroatoms. The van der Waals surface area contributed by atoms with Gasteiger partial charge < -0.3 is 15.2 Å². The summed E-state index contributed by atoms with van der Waals surface area (Å²) in [4.78, 5) is 11.6. The molecule has 0 spiro atoms. The summed E-state index contributed by atoms with van der Waals surface area (Å²) in [5, 5.41) is 12.6. The Labute approximate surface area is 108 Å². The monoisotopic (exact) mass is 251 g/mol. The quantitative estimate of drug-likeness (QED) is 0.813. The van der Waals surface area contributed by atoms with Gasteiger partial charge in [-0.15, -0.1) is 0 Å². The van der Waals surface area contributed by atoms with Crippen molar-refractivity contribution in [2.75, 3.05) is 6.54 Å². The van der Waals surface area contributed by atoms with E-state index in [2.05, 4.69) is 5.32 Å². The van der Waals surface area contributed by atoms with E-state index >= 15 is 0 Å². The largest absolute Gasteiger partial charge is 0.481 e. The van der Waals surface area contributed by atoms with E-state index in [9.17, 15) is 9.90 Å². The SMILES string of the molecule is CCNC(=O)C(C)Oc1ccccc1[C@@H](O)CC. The number of likely N-dealkylation sites (N-methyl/N-ethyl adjacent to an activating group) is 1. The number of aliphatic hydroxyl groups is 1. The predicted octanol–water partition coefficient (Wildman–Crippen LogP) is 2.03. The number of benzene rings is 1. The van der Waals surface area contributed by atoms with Crippen LogP contribution in [0.1, 0.15) is 38.9 Å². The zero-order chi connectivity index (χ0) is 13.5. The summed E-state index contributed by atoms with van der Waals surface area (Å²) in [7, 11) is 0. The van der Waals surface area contributed by atoms with Gasteiger partial charge in [0.1, 0.15) is 5.75 Å². The topological polar surface area (TPSA) is 58.6 Å². The molecular weight excluding hydrogens is 230 g/mol. The zero-order valence-corrected chi connectivity index (χ0v) is 11.1. The Bertz CT molecular complexity index is 392. The van der Waals surface area contributed by atoms with Gasteiger partial charge in [0.05, 0.1) is 6.10 Å². The summed E-state index contributed by atoms with van der Waals surface area (Å²) in [6.07, 6.45) is -0.534. The van der Waals surface area contributed by atoms with Crippen LogP contribution in [-0.2, 0) is 4.79 Å². The minimum absolute atomic E-state index is 0.154. The Morgan fingerprint density at radius 3 is 2.67 bits per heavy atom. The molecule has 18 heavy (non-hydrogen) atoms. The first-order chi connectivity index (χ1) is 8.60. The molecule has 1 rings (SSSR count). The highest BCUT2D eigenvalue weighted by Gasteiger charge is 2.17. The molecule has 0 bridgehead atoms. The fourth-order valence-electron chi connectivity index (χ4n) is 1.64. The highest BCUT2D eigenvalue weighted by atomic mass is 16.5. The van der Waals surface area contributed by atoms with Gasteiger partial charge in [-0.2, -0.15) is 0 Å². The Balaban J connectivity index is 2.80. The number of carbonyl (C=O) groups excluding carboxylic acids is 1. The maximum Gasteiger partial charge on any atom is 0.260 e. The van der Waals surface area contributed by atoms with Gasteiger partial charge in [-0.25, -0.2) is 0 Å². The van der Waals surface area contributed by atoms with Crippen molar-refractivity contribution in [3.8, 4) is 5.75 Å². The van der Waals surface area contributed by atoms with Crippen molar-refractivity contribution in [1.82, 2.24) is 5.32 Å². The second kappa shape index (κ2) is 7.01.